The average Bonchev–Trinajstić information content (AvgIpc) is 0.728. The van der Waals surface area contributed by atoms with Crippen molar-refractivity contribution in [2.45, 2.75) is 19.6 Å². The third-order valence-corrected chi connectivity index (χ3v) is 20.8. The predicted molar refractivity (Wildman–Crippen MR) is 415 cm³/mol. The first-order valence-electron chi connectivity index (χ1n) is 33.1. The molecule has 0 aromatic heterocycles. The number of anilines is 18. The van der Waals surface area contributed by atoms with Crippen molar-refractivity contribution < 1.29 is 0 Å². The summed E-state index contributed by atoms with van der Waals surface area (Å²) in [5.41, 5.74) is 19.6. The Morgan fingerprint density at radius 3 is 0.592 bits per heavy atom. The third-order valence-electron chi connectivity index (χ3n) is 18.6. The summed E-state index contributed by atoms with van der Waals surface area (Å²) in [4.78, 5) is 19.0. The maximum atomic E-state index is 2.50. The Hall–Kier alpha value is -12.2. The van der Waals surface area contributed by atoms with Crippen molar-refractivity contribution in [3.8, 4) is 0 Å². The van der Waals surface area contributed by atoms with E-state index in [1.54, 1.807) is 0 Å². The zero-order chi connectivity index (χ0) is 64.9. The largest absolute Gasteiger partial charge is 0.310 e. The topological polar surface area (TPSA) is 19.4 Å². The highest BCUT2D eigenvalue weighted by Gasteiger charge is 2.31. The first-order valence-corrected chi connectivity index (χ1v) is 34.8. The summed E-state index contributed by atoms with van der Waals surface area (Å²) >= 11 is 3.66. The van der Waals surface area contributed by atoms with Crippen LogP contribution in [0.25, 0.3) is 32.3 Å². The van der Waals surface area contributed by atoms with Gasteiger partial charge >= 0.3 is 0 Å². The molecular formula is C90H62N6S2. The van der Waals surface area contributed by atoms with E-state index in [0.717, 1.165) is 122 Å². The van der Waals surface area contributed by atoms with E-state index in [9.17, 15) is 0 Å². The molecule has 0 amide bonds. The number of rotatable bonds is 14. The highest BCUT2D eigenvalue weighted by molar-refractivity contribution is 8.00. The van der Waals surface area contributed by atoms with Crippen molar-refractivity contribution in [2.75, 3.05) is 29.4 Å². The standard InChI is InChI=1S/C90H62N6S2/c1-9-27-63(28-10-1)91(64-29-11-2-12-30-64)73-47-53-83-87(59-73)97-88-60-74(92(65-31-13-3-14-32-65)66-33-15-4-16-34-66)48-54-84(88)95(83)71-45-51-79-77-43-25-26-44-78(77)80-52-46-72(58-82(80)81(79)57-71)96-85-55-49-75(93(67-35-17-5-18-36-67)68-37-19-6-20-38-68)61-89(85)98-90-62-76(50-56-86(90)96)94(69-39-21-7-22-40-69)70-41-23-8-24-42-70/h1-62H. The van der Waals surface area contributed by atoms with E-state index in [0.29, 0.717) is 0 Å². The molecule has 0 radical (unpaired) electrons. The molecule has 0 fully saturated rings. The molecule has 2 aliphatic rings. The highest BCUT2D eigenvalue weighted by Crippen LogP contribution is 2.58. The molecule has 0 atom stereocenters. The minimum atomic E-state index is 1.07. The Kier molecular flexibility index (Phi) is 15.0. The maximum Gasteiger partial charge on any atom is 0.0603 e. The van der Waals surface area contributed by atoms with Crippen LogP contribution in [0, 0.1) is 0 Å². The fourth-order valence-electron chi connectivity index (χ4n) is 14.3. The Balaban J connectivity index is 0.832. The molecule has 18 rings (SSSR count). The van der Waals surface area contributed by atoms with Crippen molar-refractivity contribution in [1.29, 1.82) is 0 Å². The molecule has 0 spiro atoms. The van der Waals surface area contributed by atoms with Gasteiger partial charge < -0.3 is 29.4 Å². The summed E-state index contributed by atoms with van der Waals surface area (Å²) in [7, 11) is 0. The minimum absolute atomic E-state index is 1.07. The molecule has 0 unspecified atom stereocenters. The van der Waals surface area contributed by atoms with Gasteiger partial charge in [-0.15, -0.1) is 0 Å². The second kappa shape index (κ2) is 25.2. The molecule has 0 saturated heterocycles. The first-order chi connectivity index (χ1) is 48.6. The number of nitrogens with zero attached hydrogens (tertiary/aromatic N) is 6. The summed E-state index contributed by atoms with van der Waals surface area (Å²) in [6.07, 6.45) is 0. The fourth-order valence-corrected chi connectivity index (χ4v) is 16.6. The van der Waals surface area contributed by atoms with Crippen LogP contribution < -0.4 is 29.4 Å². The normalized spacial score (nSPS) is 12.2. The lowest BCUT2D eigenvalue weighted by molar-refractivity contribution is 1.15. The van der Waals surface area contributed by atoms with Gasteiger partial charge in [-0.3, -0.25) is 0 Å². The summed E-state index contributed by atoms with van der Waals surface area (Å²) in [5, 5.41) is 7.17. The van der Waals surface area contributed by atoms with Gasteiger partial charge in [-0.05, 0) is 226 Å². The third kappa shape index (κ3) is 10.6. The zero-order valence-corrected chi connectivity index (χ0v) is 54.9. The van der Waals surface area contributed by atoms with Gasteiger partial charge in [-0.25, -0.2) is 0 Å². The molecule has 464 valence electrons. The lowest BCUT2D eigenvalue weighted by Gasteiger charge is -2.36. The molecular weight excluding hydrogens is 1230 g/mol. The van der Waals surface area contributed by atoms with E-state index >= 15 is 0 Å². The predicted octanol–water partition coefficient (Wildman–Crippen LogP) is 26.9. The Morgan fingerprint density at radius 1 is 0.163 bits per heavy atom. The van der Waals surface area contributed by atoms with Crippen LogP contribution >= 0.6 is 23.5 Å². The van der Waals surface area contributed by atoms with Gasteiger partial charge in [0.15, 0.2) is 0 Å². The monoisotopic (exact) mass is 1290 g/mol. The Morgan fingerprint density at radius 2 is 0.367 bits per heavy atom. The SMILES string of the molecule is c1ccc(N(c2ccccc2)c2ccc3c(c2)Sc2cc(N(c4ccccc4)c4ccccc4)ccc2N3c2ccc3c4ccccc4c4ccc(N5c6ccc(N(c7ccccc7)c7ccccc7)cc6Sc6cc(N(c7ccccc7)c7ccccc7)ccc65)cc4c3c2)cc1. The second-order valence-electron chi connectivity index (χ2n) is 24.5. The van der Waals surface area contributed by atoms with Crippen molar-refractivity contribution >= 4 is 158 Å². The molecule has 0 bridgehead atoms. The van der Waals surface area contributed by atoms with E-state index < -0.39 is 0 Å². The van der Waals surface area contributed by atoms with Gasteiger partial charge in [0.05, 0.1) is 22.7 Å². The van der Waals surface area contributed by atoms with Crippen LogP contribution in [0.15, 0.2) is 396 Å². The fraction of sp³-hybridized carbons (Fsp3) is 0. The van der Waals surface area contributed by atoms with Gasteiger partial charge in [0.1, 0.15) is 0 Å². The zero-order valence-electron chi connectivity index (χ0n) is 53.3. The smallest absolute Gasteiger partial charge is 0.0603 e. The van der Waals surface area contributed by atoms with Crippen molar-refractivity contribution in [1.82, 2.24) is 0 Å². The maximum absolute atomic E-state index is 2.50. The average molecular weight is 1290 g/mol. The highest BCUT2D eigenvalue weighted by atomic mass is 32.2. The van der Waals surface area contributed by atoms with Gasteiger partial charge in [0.25, 0.3) is 0 Å². The second-order valence-corrected chi connectivity index (χ2v) is 26.7. The van der Waals surface area contributed by atoms with Crippen molar-refractivity contribution in [2.24, 2.45) is 0 Å². The molecule has 98 heavy (non-hydrogen) atoms. The van der Waals surface area contributed by atoms with E-state index in [-0.39, 0.29) is 0 Å². The van der Waals surface area contributed by atoms with Crippen LogP contribution in [0.4, 0.5) is 102 Å². The van der Waals surface area contributed by atoms with Crippen LogP contribution in [-0.2, 0) is 0 Å². The van der Waals surface area contributed by atoms with Crippen LogP contribution in [0.1, 0.15) is 0 Å². The molecule has 8 heteroatoms. The Bertz CT molecular complexity index is 4830. The molecule has 0 aliphatic carbocycles. The van der Waals surface area contributed by atoms with E-state index in [4.69, 9.17) is 0 Å². The summed E-state index contributed by atoms with van der Waals surface area (Å²) in [6.45, 7) is 0. The molecule has 6 nitrogen and oxygen atoms in total. The van der Waals surface area contributed by atoms with Crippen LogP contribution in [0.2, 0.25) is 0 Å². The number of fused-ring (bicyclic) bond motifs is 10. The lowest BCUT2D eigenvalue weighted by Crippen LogP contribution is -2.17. The molecule has 16 aromatic rings. The van der Waals surface area contributed by atoms with E-state index in [1.165, 1.54) is 32.3 Å². The minimum Gasteiger partial charge on any atom is -0.310 e. The number of benzene rings is 16. The van der Waals surface area contributed by atoms with Crippen LogP contribution in [-0.4, -0.2) is 0 Å². The Labute approximate surface area is 579 Å². The molecule has 0 saturated carbocycles. The molecule has 0 N–H and O–H groups in total. The summed E-state index contributed by atoms with van der Waals surface area (Å²) in [5.74, 6) is 0. The van der Waals surface area contributed by atoms with E-state index in [2.05, 4.69) is 406 Å². The van der Waals surface area contributed by atoms with Gasteiger partial charge in [0, 0.05) is 99.2 Å². The number of para-hydroxylation sites is 8. The summed E-state index contributed by atoms with van der Waals surface area (Å²) in [6, 6.07) is 137. The number of hydrogen-bond donors (Lipinski definition) is 0. The number of hydrogen-bond acceptors (Lipinski definition) is 8. The van der Waals surface area contributed by atoms with Crippen molar-refractivity contribution in [3.05, 3.63) is 376 Å². The summed E-state index contributed by atoms with van der Waals surface area (Å²) < 4.78 is 0. The van der Waals surface area contributed by atoms with Gasteiger partial charge in [0.2, 0.25) is 0 Å². The quantitative estimate of drug-likeness (QED) is 0.0991. The van der Waals surface area contributed by atoms with Crippen LogP contribution in [0.5, 0.6) is 0 Å². The molecule has 2 heterocycles. The molecule has 2 aliphatic heterocycles. The first kappa shape index (κ1) is 58.4. The van der Waals surface area contributed by atoms with Crippen molar-refractivity contribution in [3.63, 3.8) is 0 Å². The van der Waals surface area contributed by atoms with Gasteiger partial charge in [-0.1, -0.05) is 206 Å². The van der Waals surface area contributed by atoms with Gasteiger partial charge in [-0.2, -0.15) is 0 Å². The lowest BCUT2D eigenvalue weighted by atomic mass is 9.93. The van der Waals surface area contributed by atoms with E-state index in [1.807, 2.05) is 23.5 Å². The van der Waals surface area contributed by atoms with Crippen LogP contribution in [0.3, 0.4) is 0 Å². The molecule has 16 aromatic carbocycles.